The molecule has 1 saturated heterocycles. The van der Waals surface area contributed by atoms with E-state index in [1.54, 1.807) is 18.7 Å². The Labute approximate surface area is 115 Å². The maximum Gasteiger partial charge on any atom is 0.305 e. The van der Waals surface area contributed by atoms with E-state index < -0.39 is 22.0 Å². The minimum atomic E-state index is -3.70. The van der Waals surface area contributed by atoms with Crippen molar-refractivity contribution in [2.45, 2.75) is 24.4 Å². The molecular formula is C10H15N3O4S2. The number of aromatic nitrogens is 2. The van der Waals surface area contributed by atoms with Gasteiger partial charge in [-0.1, -0.05) is 0 Å². The van der Waals surface area contributed by atoms with E-state index in [4.69, 9.17) is 5.11 Å². The van der Waals surface area contributed by atoms with Crippen LogP contribution in [-0.4, -0.2) is 57.9 Å². The molecular weight excluding hydrogens is 290 g/mol. The number of aryl methyl sites for hydroxylation is 1. The van der Waals surface area contributed by atoms with Gasteiger partial charge < -0.3 is 10.1 Å². The molecule has 19 heavy (non-hydrogen) atoms. The predicted octanol–water partition coefficient (Wildman–Crippen LogP) is 0.299. The number of imidazole rings is 1. The Morgan fingerprint density at radius 2 is 2.42 bits per heavy atom. The molecule has 7 nitrogen and oxygen atoms in total. The highest BCUT2D eigenvalue weighted by atomic mass is 32.2. The molecule has 0 radical (unpaired) electrons. The smallest absolute Gasteiger partial charge is 0.305 e. The van der Waals surface area contributed by atoms with Gasteiger partial charge in [-0.25, -0.2) is 13.4 Å². The van der Waals surface area contributed by atoms with Gasteiger partial charge in [0, 0.05) is 24.1 Å². The molecule has 0 saturated carbocycles. The standard InChI is InChI=1S/C10H15N3O4S2/c1-7-11-5-9(12-7)19(16,17)13-2-3-18-6-8(13)4-10(14)15/h5,8H,2-4,6H2,1H3,(H,11,12)(H,14,15). The fraction of sp³-hybridized carbons (Fsp3) is 0.600. The number of hydrogen-bond acceptors (Lipinski definition) is 5. The quantitative estimate of drug-likeness (QED) is 0.829. The summed E-state index contributed by atoms with van der Waals surface area (Å²) < 4.78 is 26.2. The Kier molecular flexibility index (Phi) is 4.16. The van der Waals surface area contributed by atoms with Crippen molar-refractivity contribution in [3.05, 3.63) is 12.0 Å². The normalized spacial score (nSPS) is 21.4. The van der Waals surface area contributed by atoms with Gasteiger partial charge in [0.15, 0.2) is 5.03 Å². The second-order valence-corrected chi connectivity index (χ2v) is 7.28. The number of carbonyl (C=O) groups is 1. The molecule has 1 aromatic rings. The number of H-pyrrole nitrogens is 1. The predicted molar refractivity (Wildman–Crippen MR) is 70.6 cm³/mol. The third kappa shape index (κ3) is 3.10. The summed E-state index contributed by atoms with van der Waals surface area (Å²) in [5.74, 6) is 0.689. The summed E-state index contributed by atoms with van der Waals surface area (Å²) in [4.78, 5) is 17.4. The molecule has 0 aromatic carbocycles. The van der Waals surface area contributed by atoms with Crippen LogP contribution in [0.1, 0.15) is 12.2 Å². The van der Waals surface area contributed by atoms with Crippen molar-refractivity contribution in [3.8, 4) is 0 Å². The summed E-state index contributed by atoms with van der Waals surface area (Å²) in [5.41, 5.74) is 0. The zero-order valence-electron chi connectivity index (χ0n) is 10.4. The summed E-state index contributed by atoms with van der Waals surface area (Å²) in [5, 5.41) is 8.89. The third-order valence-electron chi connectivity index (χ3n) is 2.85. The summed E-state index contributed by atoms with van der Waals surface area (Å²) in [6.45, 7) is 1.99. The van der Waals surface area contributed by atoms with Crippen LogP contribution in [0.25, 0.3) is 0 Å². The number of aromatic amines is 1. The molecule has 2 rings (SSSR count). The third-order valence-corrected chi connectivity index (χ3v) is 5.80. The summed E-state index contributed by atoms with van der Waals surface area (Å²) in [6, 6.07) is -0.509. The number of carboxylic acids is 1. The zero-order valence-corrected chi connectivity index (χ0v) is 12.0. The lowest BCUT2D eigenvalue weighted by Crippen LogP contribution is -2.47. The van der Waals surface area contributed by atoms with Gasteiger partial charge in [0.2, 0.25) is 0 Å². The fourth-order valence-corrected chi connectivity index (χ4v) is 4.83. The molecule has 9 heteroatoms. The number of nitrogens with zero attached hydrogens (tertiary/aromatic N) is 2. The van der Waals surface area contributed by atoms with Gasteiger partial charge in [0.25, 0.3) is 10.0 Å². The van der Waals surface area contributed by atoms with Crippen LogP contribution < -0.4 is 0 Å². The highest BCUT2D eigenvalue weighted by Gasteiger charge is 2.35. The largest absolute Gasteiger partial charge is 0.481 e. The van der Waals surface area contributed by atoms with Crippen molar-refractivity contribution in [1.29, 1.82) is 0 Å². The van der Waals surface area contributed by atoms with E-state index in [2.05, 4.69) is 9.97 Å². The van der Waals surface area contributed by atoms with Crippen LogP contribution in [0.3, 0.4) is 0 Å². The maximum atomic E-state index is 12.4. The van der Waals surface area contributed by atoms with Crippen LogP contribution in [0, 0.1) is 6.92 Å². The number of carboxylic acid groups (broad SMARTS) is 1. The van der Waals surface area contributed by atoms with E-state index in [-0.39, 0.29) is 11.4 Å². The first-order valence-electron chi connectivity index (χ1n) is 5.74. The average Bonchev–Trinajstić information content (AvgIpc) is 2.76. The van der Waals surface area contributed by atoms with Gasteiger partial charge in [-0.05, 0) is 6.92 Å². The van der Waals surface area contributed by atoms with Crippen molar-refractivity contribution >= 4 is 27.8 Å². The van der Waals surface area contributed by atoms with Gasteiger partial charge >= 0.3 is 5.97 Å². The number of rotatable bonds is 4. The van der Waals surface area contributed by atoms with Crippen LogP contribution in [0.2, 0.25) is 0 Å². The monoisotopic (exact) mass is 305 g/mol. The molecule has 0 aliphatic carbocycles. The van der Waals surface area contributed by atoms with Crippen molar-refractivity contribution in [2.75, 3.05) is 18.1 Å². The van der Waals surface area contributed by atoms with Crippen molar-refractivity contribution in [3.63, 3.8) is 0 Å². The van der Waals surface area contributed by atoms with Crippen LogP contribution in [0.5, 0.6) is 0 Å². The van der Waals surface area contributed by atoms with Crippen molar-refractivity contribution in [2.24, 2.45) is 0 Å². The first-order chi connectivity index (χ1) is 8.91. The summed E-state index contributed by atoms with van der Waals surface area (Å²) in [7, 11) is -3.70. The number of thioether (sulfide) groups is 1. The molecule has 1 aromatic heterocycles. The lowest BCUT2D eigenvalue weighted by atomic mass is 10.2. The van der Waals surface area contributed by atoms with E-state index in [1.807, 2.05) is 0 Å². The minimum Gasteiger partial charge on any atom is -0.481 e. The van der Waals surface area contributed by atoms with Gasteiger partial charge in [0.05, 0.1) is 12.6 Å². The molecule has 0 bridgehead atoms. The molecule has 106 valence electrons. The number of hydrogen-bond donors (Lipinski definition) is 2. The van der Waals surface area contributed by atoms with Crippen LogP contribution in [0.15, 0.2) is 11.2 Å². The second-order valence-electron chi connectivity index (χ2n) is 4.28. The van der Waals surface area contributed by atoms with Gasteiger partial charge in [0.1, 0.15) is 5.82 Å². The molecule has 2 N–H and O–H groups in total. The summed E-state index contributed by atoms with van der Waals surface area (Å²) >= 11 is 1.57. The number of sulfonamides is 1. The zero-order chi connectivity index (χ0) is 14.0. The molecule has 0 amide bonds. The first kappa shape index (κ1) is 14.4. The molecule has 1 atom stereocenters. The van der Waals surface area contributed by atoms with Crippen LogP contribution in [-0.2, 0) is 14.8 Å². The highest BCUT2D eigenvalue weighted by molar-refractivity contribution is 7.99. The molecule has 0 spiro atoms. The van der Waals surface area contributed by atoms with E-state index in [9.17, 15) is 13.2 Å². The minimum absolute atomic E-state index is 0.0206. The Balaban J connectivity index is 2.28. The first-order valence-corrected chi connectivity index (χ1v) is 8.33. The van der Waals surface area contributed by atoms with Gasteiger partial charge in [-0.3, -0.25) is 4.79 Å². The van der Waals surface area contributed by atoms with E-state index >= 15 is 0 Å². The van der Waals surface area contributed by atoms with E-state index in [1.165, 1.54) is 10.5 Å². The Morgan fingerprint density at radius 3 is 3.00 bits per heavy atom. The Bertz CT molecular complexity index is 569. The molecule has 2 heterocycles. The lowest BCUT2D eigenvalue weighted by molar-refractivity contribution is -0.137. The fourth-order valence-electron chi connectivity index (χ4n) is 1.97. The second kappa shape index (κ2) is 5.51. The van der Waals surface area contributed by atoms with Crippen molar-refractivity contribution < 1.29 is 18.3 Å². The maximum absolute atomic E-state index is 12.4. The van der Waals surface area contributed by atoms with Crippen molar-refractivity contribution in [1.82, 2.24) is 14.3 Å². The van der Waals surface area contributed by atoms with Crippen LogP contribution in [0.4, 0.5) is 0 Å². The number of nitrogens with one attached hydrogen (secondary N) is 1. The van der Waals surface area contributed by atoms with Crippen LogP contribution >= 0.6 is 11.8 Å². The number of aliphatic carboxylic acids is 1. The molecule has 1 fully saturated rings. The molecule has 1 aliphatic rings. The average molecular weight is 305 g/mol. The van der Waals surface area contributed by atoms with Gasteiger partial charge in [-0.15, -0.1) is 0 Å². The topological polar surface area (TPSA) is 103 Å². The van der Waals surface area contributed by atoms with Gasteiger partial charge in [-0.2, -0.15) is 16.1 Å². The molecule has 1 unspecified atom stereocenters. The molecule has 1 aliphatic heterocycles. The Morgan fingerprint density at radius 1 is 1.68 bits per heavy atom. The van der Waals surface area contributed by atoms with E-state index in [0.29, 0.717) is 23.9 Å². The Hall–Kier alpha value is -1.06. The van der Waals surface area contributed by atoms with E-state index in [0.717, 1.165) is 0 Å². The lowest BCUT2D eigenvalue weighted by Gasteiger charge is -2.32. The summed E-state index contributed by atoms with van der Waals surface area (Å²) in [6.07, 6.45) is 1.09. The highest BCUT2D eigenvalue weighted by Crippen LogP contribution is 2.25. The SMILES string of the molecule is Cc1ncc(S(=O)(=O)N2CCSCC2CC(=O)O)[nH]1.